The van der Waals surface area contributed by atoms with Crippen LogP contribution >= 0.6 is 34.8 Å². The number of carbonyl (C=O) groups excluding carboxylic acids is 1. The first-order chi connectivity index (χ1) is 7.09. The first-order valence-corrected chi connectivity index (χ1v) is 5.53. The minimum atomic E-state index is -0.325. The van der Waals surface area contributed by atoms with Crippen molar-refractivity contribution in [2.45, 2.75) is 12.8 Å². The highest BCUT2D eigenvalue weighted by molar-refractivity contribution is 6.63. The number of halogens is 3. The maximum absolute atomic E-state index is 10.4. The first-order valence-electron chi connectivity index (χ1n) is 4.39. The van der Waals surface area contributed by atoms with Gasteiger partial charge in [-0.3, -0.25) is 4.79 Å². The molecule has 0 spiro atoms. The van der Waals surface area contributed by atoms with Crippen LogP contribution in [0.4, 0.5) is 0 Å². The summed E-state index contributed by atoms with van der Waals surface area (Å²) in [7, 11) is 0. The second-order valence-corrected chi connectivity index (χ2v) is 4.21. The molecular weight excluding hydrogens is 254 g/mol. The molecule has 0 unspecified atom stereocenters. The van der Waals surface area contributed by atoms with Gasteiger partial charge in [-0.1, -0.05) is 41.4 Å². The van der Waals surface area contributed by atoms with Crippen LogP contribution in [-0.4, -0.2) is 5.24 Å². The number of carbonyl (C=O) groups is 1. The first kappa shape index (κ1) is 12.6. The molecule has 0 bridgehead atoms. The highest BCUT2D eigenvalue weighted by atomic mass is 35.5. The highest BCUT2D eigenvalue weighted by Gasteiger charge is 1.96. The molecule has 1 rings (SSSR count). The molecule has 0 aliphatic rings. The monoisotopic (exact) mass is 262 g/mol. The van der Waals surface area contributed by atoms with Crippen molar-refractivity contribution in [2.75, 3.05) is 0 Å². The lowest BCUT2D eigenvalue weighted by molar-refractivity contribution is -0.111. The Kier molecular flexibility index (Phi) is 5.16. The molecular formula is C11H9Cl3O. The van der Waals surface area contributed by atoms with Crippen LogP contribution in [0.1, 0.15) is 18.4 Å². The Labute approximate surface area is 104 Å². The highest BCUT2D eigenvalue weighted by Crippen LogP contribution is 2.23. The molecule has 1 nitrogen and oxygen atoms in total. The van der Waals surface area contributed by atoms with Gasteiger partial charge >= 0.3 is 0 Å². The van der Waals surface area contributed by atoms with Crippen molar-refractivity contribution >= 4 is 46.1 Å². The normalized spacial score (nSPS) is 10.9. The molecule has 80 valence electrons. The average Bonchev–Trinajstić information content (AvgIpc) is 2.18. The molecule has 0 aliphatic carbocycles. The Hall–Kier alpha value is -0.500. The molecule has 0 N–H and O–H groups in total. The third-order valence-electron chi connectivity index (χ3n) is 1.76. The van der Waals surface area contributed by atoms with Gasteiger partial charge in [0.1, 0.15) is 0 Å². The van der Waals surface area contributed by atoms with Crippen molar-refractivity contribution in [3.05, 3.63) is 39.9 Å². The number of allylic oxidation sites excluding steroid dienone is 1. The van der Waals surface area contributed by atoms with Gasteiger partial charge in [-0.2, -0.15) is 0 Å². The lowest BCUT2D eigenvalue weighted by Gasteiger charge is -1.97. The summed E-state index contributed by atoms with van der Waals surface area (Å²) in [6.45, 7) is 0. The number of rotatable bonds is 4. The fourth-order valence-electron chi connectivity index (χ4n) is 1.03. The van der Waals surface area contributed by atoms with Crippen LogP contribution in [0.25, 0.3) is 6.08 Å². The van der Waals surface area contributed by atoms with E-state index in [2.05, 4.69) is 0 Å². The summed E-state index contributed by atoms with van der Waals surface area (Å²) in [6, 6.07) is 5.35. The predicted octanol–water partition coefficient (Wildman–Crippen LogP) is 4.55. The molecule has 1 aromatic carbocycles. The van der Waals surface area contributed by atoms with E-state index in [-0.39, 0.29) is 5.24 Å². The fourth-order valence-corrected chi connectivity index (χ4v) is 1.45. The van der Waals surface area contributed by atoms with E-state index in [1.54, 1.807) is 12.1 Å². The van der Waals surface area contributed by atoms with Gasteiger partial charge < -0.3 is 0 Å². The van der Waals surface area contributed by atoms with Crippen molar-refractivity contribution in [3.63, 3.8) is 0 Å². The van der Waals surface area contributed by atoms with Crippen molar-refractivity contribution in [3.8, 4) is 0 Å². The molecule has 0 saturated carbocycles. The van der Waals surface area contributed by atoms with Crippen LogP contribution in [0.3, 0.4) is 0 Å². The summed E-state index contributed by atoms with van der Waals surface area (Å²) in [5.41, 5.74) is 0.950. The molecule has 0 atom stereocenters. The molecule has 0 amide bonds. The van der Waals surface area contributed by atoms with Gasteiger partial charge in [-0.25, -0.2) is 0 Å². The quantitative estimate of drug-likeness (QED) is 0.728. The van der Waals surface area contributed by atoms with E-state index in [0.29, 0.717) is 22.9 Å². The Bertz CT molecular complexity index is 385. The summed E-state index contributed by atoms with van der Waals surface area (Å²) < 4.78 is 0. The van der Waals surface area contributed by atoms with Gasteiger partial charge in [0.25, 0.3) is 0 Å². The number of hydrogen-bond acceptors (Lipinski definition) is 1. The molecule has 1 aromatic rings. The predicted molar refractivity (Wildman–Crippen MR) is 65.6 cm³/mol. The van der Waals surface area contributed by atoms with E-state index in [1.165, 1.54) is 0 Å². The summed E-state index contributed by atoms with van der Waals surface area (Å²) in [5.74, 6) is 0. The van der Waals surface area contributed by atoms with Gasteiger partial charge in [0, 0.05) is 6.42 Å². The Morgan fingerprint density at radius 3 is 2.60 bits per heavy atom. The minimum Gasteiger partial charge on any atom is -0.281 e. The summed E-state index contributed by atoms with van der Waals surface area (Å²) in [5, 5.41) is 0.728. The van der Waals surface area contributed by atoms with Gasteiger partial charge in [-0.05, 0) is 35.7 Å². The summed E-state index contributed by atoms with van der Waals surface area (Å²) in [4.78, 5) is 10.4. The van der Waals surface area contributed by atoms with Gasteiger partial charge in [-0.15, -0.1) is 0 Å². The lowest BCUT2D eigenvalue weighted by atomic mass is 10.2. The van der Waals surface area contributed by atoms with Crippen LogP contribution in [0.5, 0.6) is 0 Å². The molecule has 0 heterocycles. The lowest BCUT2D eigenvalue weighted by Crippen LogP contribution is -1.82. The summed E-state index contributed by atoms with van der Waals surface area (Å²) >= 11 is 16.8. The molecule has 0 fully saturated rings. The second kappa shape index (κ2) is 6.16. The third kappa shape index (κ3) is 4.70. The average molecular weight is 264 g/mol. The largest absolute Gasteiger partial charge is 0.281 e. The van der Waals surface area contributed by atoms with Crippen molar-refractivity contribution in [1.29, 1.82) is 0 Å². The molecule has 0 saturated heterocycles. The Morgan fingerprint density at radius 1 is 1.27 bits per heavy atom. The SMILES string of the molecule is O=C(Cl)CCC=Cc1ccc(Cl)c(Cl)c1. The Morgan fingerprint density at radius 2 is 2.00 bits per heavy atom. The van der Waals surface area contributed by atoms with Crippen LogP contribution in [0.2, 0.25) is 10.0 Å². The van der Waals surface area contributed by atoms with E-state index in [9.17, 15) is 4.79 Å². The fraction of sp³-hybridized carbons (Fsp3) is 0.182. The molecule has 15 heavy (non-hydrogen) atoms. The minimum absolute atomic E-state index is 0.325. The smallest absolute Gasteiger partial charge is 0.221 e. The topological polar surface area (TPSA) is 17.1 Å². The Balaban J connectivity index is 2.57. The van der Waals surface area contributed by atoms with E-state index in [4.69, 9.17) is 34.8 Å². The third-order valence-corrected chi connectivity index (χ3v) is 2.69. The molecule has 4 heteroatoms. The van der Waals surface area contributed by atoms with Crippen molar-refractivity contribution in [2.24, 2.45) is 0 Å². The van der Waals surface area contributed by atoms with Crippen LogP contribution in [0, 0.1) is 0 Å². The van der Waals surface area contributed by atoms with Gasteiger partial charge in [0.2, 0.25) is 5.24 Å². The maximum Gasteiger partial charge on any atom is 0.221 e. The van der Waals surface area contributed by atoms with Crippen molar-refractivity contribution < 1.29 is 4.79 Å². The van der Waals surface area contributed by atoms with E-state index in [1.807, 2.05) is 18.2 Å². The van der Waals surface area contributed by atoms with Gasteiger partial charge in [0.15, 0.2) is 0 Å². The molecule has 0 aromatic heterocycles. The molecule has 0 aliphatic heterocycles. The van der Waals surface area contributed by atoms with Crippen LogP contribution in [-0.2, 0) is 4.79 Å². The number of benzene rings is 1. The van der Waals surface area contributed by atoms with Gasteiger partial charge in [0.05, 0.1) is 10.0 Å². The van der Waals surface area contributed by atoms with Crippen LogP contribution in [0.15, 0.2) is 24.3 Å². The van der Waals surface area contributed by atoms with Crippen molar-refractivity contribution in [1.82, 2.24) is 0 Å². The van der Waals surface area contributed by atoms with E-state index < -0.39 is 0 Å². The standard InChI is InChI=1S/C11H9Cl3O/c12-9-6-5-8(7-10(9)13)3-1-2-4-11(14)15/h1,3,5-7H,2,4H2. The zero-order valence-corrected chi connectivity index (χ0v) is 10.1. The van der Waals surface area contributed by atoms with E-state index in [0.717, 1.165) is 5.56 Å². The number of hydrogen-bond donors (Lipinski definition) is 0. The summed E-state index contributed by atoms with van der Waals surface area (Å²) in [6.07, 6.45) is 4.73. The zero-order chi connectivity index (χ0) is 11.3. The zero-order valence-electron chi connectivity index (χ0n) is 7.84. The molecule has 0 radical (unpaired) electrons. The maximum atomic E-state index is 10.4. The van der Waals surface area contributed by atoms with Crippen LogP contribution < -0.4 is 0 Å². The van der Waals surface area contributed by atoms with E-state index >= 15 is 0 Å². The second-order valence-electron chi connectivity index (χ2n) is 2.97.